The van der Waals surface area contributed by atoms with E-state index < -0.39 is 29.7 Å². The highest BCUT2D eigenvalue weighted by Gasteiger charge is 2.30. The fraction of sp³-hybridized carbons (Fsp3) is 0.565. The van der Waals surface area contributed by atoms with Crippen molar-refractivity contribution in [3.05, 3.63) is 39.5 Å². The highest BCUT2D eigenvalue weighted by molar-refractivity contribution is 5.98. The number of quaternary nitrogens is 1. The number of nitrogens with two attached hydrogens (primary N) is 1. The monoisotopic (exact) mass is 518 g/mol. The maximum absolute atomic E-state index is 12.7. The van der Waals surface area contributed by atoms with Gasteiger partial charge in [0.2, 0.25) is 0 Å². The van der Waals surface area contributed by atoms with Crippen LogP contribution >= 0.6 is 0 Å². The van der Waals surface area contributed by atoms with Crippen molar-refractivity contribution in [1.82, 2.24) is 15.2 Å². The Kier molecular flexibility index (Phi) is 10.7. The molecule has 0 radical (unpaired) electrons. The summed E-state index contributed by atoms with van der Waals surface area (Å²) in [5, 5.41) is 18.0. The number of carbonyl (C=O) groups excluding carboxylic acids is 3. The van der Waals surface area contributed by atoms with Crippen LogP contribution in [-0.2, 0) is 33.8 Å². The first kappa shape index (κ1) is 30.7. The summed E-state index contributed by atoms with van der Waals surface area (Å²) in [6.07, 6.45) is -4.68. The standard InChI is InChI=1S/C21H32N4O4.C2HF3O2/c1-8-14-17(19(26)28-9-2)16(23-18(14)20(27)29-21(5,6)7)11-22-10-15-12(3)24-25-13(15)4;3-2(4,5)1(6)7/h22-23H,8-11H2,1-7H3,(H,24,25);(H,6,7). The number of nitrogens with one attached hydrogen (secondary N) is 2. The number of hydrogen-bond donors (Lipinski definition) is 3. The Balaban J connectivity index is 0.000000809. The van der Waals surface area contributed by atoms with Crippen molar-refractivity contribution in [1.29, 1.82) is 0 Å². The van der Waals surface area contributed by atoms with Crippen LogP contribution in [0, 0.1) is 13.8 Å². The minimum absolute atomic E-state index is 0.269. The second-order valence-corrected chi connectivity index (χ2v) is 8.80. The van der Waals surface area contributed by atoms with Gasteiger partial charge in [0.1, 0.15) is 30.4 Å². The van der Waals surface area contributed by atoms with Gasteiger partial charge < -0.3 is 29.7 Å². The van der Waals surface area contributed by atoms with E-state index in [0.29, 0.717) is 42.0 Å². The molecule has 0 spiro atoms. The number of aryl methyl sites for hydroxylation is 2. The van der Waals surface area contributed by atoms with Crippen LogP contribution in [0.1, 0.15) is 83.7 Å². The maximum Gasteiger partial charge on any atom is 0.430 e. The van der Waals surface area contributed by atoms with Crippen molar-refractivity contribution < 1.29 is 47.5 Å². The SMILES string of the molecule is CCOC(=O)c1c(C[NH2+]Cc2c(C)n[nH]c2C)[nH]c(C(=O)OC(C)(C)C)c1CC.O=C([O-])C(F)(F)F. The predicted molar refractivity (Wildman–Crippen MR) is 120 cm³/mol. The van der Waals surface area contributed by atoms with Crippen LogP contribution in [-0.4, -0.2) is 51.5 Å². The molecule has 0 unspecified atom stereocenters. The fourth-order valence-electron chi connectivity index (χ4n) is 3.29. The normalized spacial score (nSPS) is 11.5. The van der Waals surface area contributed by atoms with E-state index in [1.54, 1.807) is 6.92 Å². The molecule has 202 valence electrons. The summed E-state index contributed by atoms with van der Waals surface area (Å²) >= 11 is 0. The van der Waals surface area contributed by atoms with E-state index in [4.69, 9.17) is 19.4 Å². The van der Waals surface area contributed by atoms with Crippen molar-refractivity contribution in [2.24, 2.45) is 0 Å². The van der Waals surface area contributed by atoms with Crippen LogP contribution in [0.3, 0.4) is 0 Å². The second kappa shape index (κ2) is 12.6. The van der Waals surface area contributed by atoms with Gasteiger partial charge in [-0.25, -0.2) is 9.59 Å². The van der Waals surface area contributed by atoms with Crippen molar-refractivity contribution in [3.8, 4) is 0 Å². The van der Waals surface area contributed by atoms with Crippen molar-refractivity contribution >= 4 is 17.9 Å². The molecule has 13 heteroatoms. The molecule has 0 bridgehead atoms. The predicted octanol–water partition coefficient (Wildman–Crippen LogP) is 1.61. The number of alkyl halides is 3. The average molecular weight is 519 g/mol. The Hall–Kier alpha value is -3.35. The van der Waals surface area contributed by atoms with Gasteiger partial charge in [-0.15, -0.1) is 0 Å². The number of hydrogen-bond acceptors (Lipinski definition) is 7. The van der Waals surface area contributed by atoms with E-state index in [9.17, 15) is 22.8 Å². The molecule has 4 N–H and O–H groups in total. The van der Waals surface area contributed by atoms with E-state index in [2.05, 4.69) is 20.5 Å². The number of halogens is 3. The van der Waals surface area contributed by atoms with Crippen molar-refractivity contribution in [3.63, 3.8) is 0 Å². The number of nitrogens with zero attached hydrogens (tertiary/aromatic N) is 1. The average Bonchev–Trinajstić information content (AvgIpc) is 3.27. The molecule has 10 nitrogen and oxygen atoms in total. The smallest absolute Gasteiger partial charge is 0.430 e. The topological polar surface area (TPSA) is 154 Å². The van der Waals surface area contributed by atoms with Crippen LogP contribution in [0.4, 0.5) is 13.2 Å². The molecule has 0 aliphatic rings. The molecule has 2 heterocycles. The Labute approximate surface area is 206 Å². The van der Waals surface area contributed by atoms with Gasteiger partial charge in [-0.05, 0) is 53.5 Å². The summed E-state index contributed by atoms with van der Waals surface area (Å²) < 4.78 is 42.3. The molecular weight excluding hydrogens is 485 g/mol. The summed E-state index contributed by atoms with van der Waals surface area (Å²) in [4.78, 5) is 37.3. The Morgan fingerprint density at radius 1 is 1.03 bits per heavy atom. The Morgan fingerprint density at radius 3 is 2.03 bits per heavy atom. The van der Waals surface area contributed by atoms with Crippen molar-refractivity contribution in [2.45, 2.75) is 79.8 Å². The molecule has 0 saturated carbocycles. The van der Waals surface area contributed by atoms with Gasteiger partial charge in [-0.1, -0.05) is 6.92 Å². The van der Waals surface area contributed by atoms with Gasteiger partial charge in [-0.3, -0.25) is 5.10 Å². The van der Waals surface area contributed by atoms with E-state index in [-0.39, 0.29) is 6.61 Å². The molecule has 0 aliphatic carbocycles. The molecule has 0 atom stereocenters. The number of carboxylic acid groups (broad SMARTS) is 1. The first-order valence-electron chi connectivity index (χ1n) is 11.3. The fourth-order valence-corrected chi connectivity index (χ4v) is 3.29. The molecular formula is C23H33F3N4O6. The van der Waals surface area contributed by atoms with Crippen LogP contribution in [0.15, 0.2) is 0 Å². The number of aliphatic carboxylic acids is 1. The largest absolute Gasteiger partial charge is 0.542 e. The van der Waals surface area contributed by atoms with Crippen LogP contribution in [0.2, 0.25) is 0 Å². The summed E-state index contributed by atoms with van der Waals surface area (Å²) in [5.74, 6) is -3.89. The number of esters is 2. The minimum Gasteiger partial charge on any atom is -0.542 e. The number of aromatic amines is 2. The van der Waals surface area contributed by atoms with Gasteiger partial charge >= 0.3 is 18.1 Å². The van der Waals surface area contributed by atoms with Gasteiger partial charge in [0.15, 0.2) is 0 Å². The van der Waals surface area contributed by atoms with Gasteiger partial charge in [0.25, 0.3) is 0 Å². The minimum atomic E-state index is -5.19. The molecule has 0 aliphatic heterocycles. The highest BCUT2D eigenvalue weighted by atomic mass is 19.4. The van der Waals surface area contributed by atoms with Crippen LogP contribution in [0.25, 0.3) is 0 Å². The summed E-state index contributed by atoms with van der Waals surface area (Å²) in [6, 6.07) is 0. The quantitative estimate of drug-likeness (QED) is 0.449. The number of carboxylic acids is 1. The zero-order valence-electron chi connectivity index (χ0n) is 21.4. The Morgan fingerprint density at radius 2 is 1.61 bits per heavy atom. The molecule has 0 saturated heterocycles. The second-order valence-electron chi connectivity index (χ2n) is 8.80. The maximum atomic E-state index is 12.7. The Bertz CT molecular complexity index is 1050. The molecule has 0 amide bonds. The summed E-state index contributed by atoms with van der Waals surface area (Å²) in [6.45, 7) is 14.5. The molecule has 2 aromatic rings. The molecule has 0 aromatic carbocycles. The third kappa shape index (κ3) is 8.70. The zero-order valence-corrected chi connectivity index (χ0v) is 21.4. The lowest BCUT2D eigenvalue weighted by atomic mass is 10.1. The highest BCUT2D eigenvalue weighted by Crippen LogP contribution is 2.23. The van der Waals surface area contributed by atoms with Gasteiger partial charge in [0, 0.05) is 11.3 Å². The number of carbonyl (C=O) groups is 3. The number of rotatable bonds is 8. The lowest BCUT2D eigenvalue weighted by Gasteiger charge is -2.19. The molecule has 36 heavy (non-hydrogen) atoms. The lowest BCUT2D eigenvalue weighted by molar-refractivity contribution is -0.686. The van der Waals surface area contributed by atoms with E-state index >= 15 is 0 Å². The third-order valence-corrected chi connectivity index (χ3v) is 4.83. The number of ether oxygens (including phenoxy) is 2. The van der Waals surface area contributed by atoms with Crippen LogP contribution in [0.5, 0.6) is 0 Å². The third-order valence-electron chi connectivity index (χ3n) is 4.83. The van der Waals surface area contributed by atoms with Crippen molar-refractivity contribution in [2.75, 3.05) is 6.61 Å². The van der Waals surface area contributed by atoms with E-state index in [1.165, 1.54) is 0 Å². The number of H-pyrrole nitrogens is 2. The van der Waals surface area contributed by atoms with E-state index in [1.807, 2.05) is 41.5 Å². The van der Waals surface area contributed by atoms with Gasteiger partial charge in [0.05, 0.1) is 23.6 Å². The number of aromatic nitrogens is 3. The van der Waals surface area contributed by atoms with Gasteiger partial charge in [-0.2, -0.15) is 18.3 Å². The zero-order chi connectivity index (χ0) is 27.8. The summed E-state index contributed by atoms with van der Waals surface area (Å²) in [5.41, 5.74) is 4.56. The first-order chi connectivity index (χ1) is 16.5. The van der Waals surface area contributed by atoms with Crippen LogP contribution < -0.4 is 10.4 Å². The van der Waals surface area contributed by atoms with E-state index in [0.717, 1.165) is 17.0 Å². The lowest BCUT2D eigenvalue weighted by Crippen LogP contribution is -2.81. The molecule has 2 aromatic heterocycles. The molecule has 2 rings (SSSR count). The first-order valence-corrected chi connectivity index (χ1v) is 11.3. The molecule has 0 fully saturated rings. The summed E-state index contributed by atoms with van der Waals surface area (Å²) in [7, 11) is 0.